The Labute approximate surface area is 244 Å². The van der Waals surface area contributed by atoms with E-state index in [1.807, 2.05) is 60.7 Å². The molecule has 4 rings (SSSR count). The molecule has 5 atom stereocenters. The lowest BCUT2D eigenvalue weighted by molar-refractivity contribution is -0.201. The predicted molar refractivity (Wildman–Crippen MR) is 154 cm³/mol. The maximum Gasteiger partial charge on any atom is 0.341 e. The Balaban J connectivity index is 1.45. The molecule has 220 valence electrons. The number of carboxylic acid groups (broad SMARTS) is 2. The molecule has 3 aromatic carbocycles. The Morgan fingerprint density at radius 2 is 1.45 bits per heavy atom. The van der Waals surface area contributed by atoms with Crippen LogP contribution >= 0.6 is 0 Å². The highest BCUT2D eigenvalue weighted by Crippen LogP contribution is 2.27. The van der Waals surface area contributed by atoms with Gasteiger partial charge in [0.1, 0.15) is 18.1 Å². The topological polar surface area (TPSA) is 145 Å². The van der Waals surface area contributed by atoms with Crippen LogP contribution in [0.5, 0.6) is 0 Å². The van der Waals surface area contributed by atoms with Gasteiger partial charge in [0, 0.05) is 12.1 Å². The molecule has 0 aliphatic carbocycles. The summed E-state index contributed by atoms with van der Waals surface area (Å²) in [5.74, 6) is -3.68. The van der Waals surface area contributed by atoms with E-state index in [-0.39, 0.29) is 18.9 Å². The van der Waals surface area contributed by atoms with Crippen LogP contribution in [0.1, 0.15) is 34.8 Å². The van der Waals surface area contributed by atoms with Gasteiger partial charge in [0.2, 0.25) is 0 Å². The lowest BCUT2D eigenvalue weighted by atomic mass is 9.97. The van der Waals surface area contributed by atoms with E-state index in [0.29, 0.717) is 18.4 Å². The number of hydrogen-bond acceptors (Lipinski definition) is 7. The number of benzene rings is 3. The zero-order chi connectivity index (χ0) is 30.1. The smallest absolute Gasteiger partial charge is 0.341 e. The fourth-order valence-corrected chi connectivity index (χ4v) is 5.16. The lowest BCUT2D eigenvalue weighted by Crippen LogP contribution is -2.58. The van der Waals surface area contributed by atoms with Gasteiger partial charge < -0.3 is 20.4 Å². The Hall–Kier alpha value is -4.54. The second-order valence-corrected chi connectivity index (χ2v) is 10.5. The average Bonchev–Trinajstić information content (AvgIpc) is 3.38. The number of rotatable bonds is 13. The Bertz CT molecular complexity index is 1350. The van der Waals surface area contributed by atoms with E-state index in [1.165, 1.54) is 12.0 Å². The van der Waals surface area contributed by atoms with Crippen LogP contribution in [0.25, 0.3) is 0 Å². The van der Waals surface area contributed by atoms with Crippen LogP contribution in [-0.4, -0.2) is 69.8 Å². The van der Waals surface area contributed by atoms with Gasteiger partial charge >= 0.3 is 17.9 Å². The van der Waals surface area contributed by atoms with Gasteiger partial charge in [0.25, 0.3) is 5.91 Å². The van der Waals surface area contributed by atoms with Crippen molar-refractivity contribution in [1.82, 2.24) is 15.7 Å². The number of nitrogens with zero attached hydrogens (tertiary/aromatic N) is 1. The van der Waals surface area contributed by atoms with Gasteiger partial charge in [0.15, 0.2) is 0 Å². The van der Waals surface area contributed by atoms with Gasteiger partial charge in [-0.15, -0.1) is 5.06 Å². The SMILES string of the molecule is CC(NC(C(=O)O)[C@H](Cc1ccccc1)NC(=O)c1ccccc1)C(=O)ON1C[C@@H](Cc2ccccc2)C[C@H]1C(=O)O. The van der Waals surface area contributed by atoms with Crippen LogP contribution in [-0.2, 0) is 32.1 Å². The molecule has 3 aromatic rings. The molecule has 0 aromatic heterocycles. The molecule has 0 radical (unpaired) electrons. The van der Waals surface area contributed by atoms with Crippen LogP contribution < -0.4 is 10.6 Å². The Morgan fingerprint density at radius 1 is 0.881 bits per heavy atom. The zero-order valence-corrected chi connectivity index (χ0v) is 23.3. The minimum absolute atomic E-state index is 0.0419. The van der Waals surface area contributed by atoms with Gasteiger partial charge in [-0.3, -0.25) is 19.7 Å². The van der Waals surface area contributed by atoms with Crippen molar-refractivity contribution in [2.75, 3.05) is 6.54 Å². The number of hydrogen-bond donors (Lipinski definition) is 4. The number of aliphatic carboxylic acids is 2. The summed E-state index contributed by atoms with van der Waals surface area (Å²) in [4.78, 5) is 56.0. The third-order valence-corrected chi connectivity index (χ3v) is 7.30. The van der Waals surface area contributed by atoms with E-state index in [0.717, 1.165) is 11.1 Å². The Kier molecular flexibility index (Phi) is 10.4. The highest BCUT2D eigenvalue weighted by atomic mass is 16.7. The maximum atomic E-state index is 13.1. The highest BCUT2D eigenvalue weighted by Gasteiger charge is 2.41. The minimum Gasteiger partial charge on any atom is -0.480 e. The lowest BCUT2D eigenvalue weighted by Gasteiger charge is -2.29. The van der Waals surface area contributed by atoms with Crippen molar-refractivity contribution < 1.29 is 34.2 Å². The van der Waals surface area contributed by atoms with E-state index in [1.54, 1.807) is 30.3 Å². The first kappa shape index (κ1) is 30.4. The second kappa shape index (κ2) is 14.4. The molecule has 4 N–H and O–H groups in total. The Morgan fingerprint density at radius 3 is 2.02 bits per heavy atom. The molecule has 0 bridgehead atoms. The van der Waals surface area contributed by atoms with Gasteiger partial charge in [-0.25, -0.2) is 4.79 Å². The first-order valence-electron chi connectivity index (χ1n) is 13.8. The summed E-state index contributed by atoms with van der Waals surface area (Å²) in [6.45, 7) is 1.68. The van der Waals surface area contributed by atoms with E-state index < -0.39 is 48.0 Å². The van der Waals surface area contributed by atoms with E-state index in [9.17, 15) is 29.4 Å². The largest absolute Gasteiger partial charge is 0.480 e. The third-order valence-electron chi connectivity index (χ3n) is 7.30. The standard InChI is InChI=1S/C32H35N3O7/c1-21(32(41)42-35-20-24(19-27(35)30(37)38)17-22-11-5-2-6-12-22)33-28(31(39)40)26(18-23-13-7-3-8-14-23)34-29(36)25-15-9-4-10-16-25/h2-16,21,24,26-28,33H,17-20H2,1H3,(H,34,36)(H,37,38)(H,39,40)/t21?,24-,26-,27-,28?/m0/s1. The molecule has 1 aliphatic rings. The number of carboxylic acids is 2. The van der Waals surface area contributed by atoms with E-state index in [4.69, 9.17) is 4.84 Å². The van der Waals surface area contributed by atoms with Gasteiger partial charge in [0.05, 0.1) is 6.04 Å². The number of carbonyl (C=O) groups is 4. The molecule has 1 aliphatic heterocycles. The summed E-state index contributed by atoms with van der Waals surface area (Å²) in [6.07, 6.45) is 1.12. The van der Waals surface area contributed by atoms with Crippen LogP contribution in [0.4, 0.5) is 0 Å². The highest BCUT2D eigenvalue weighted by molar-refractivity contribution is 5.94. The van der Waals surface area contributed by atoms with Crippen LogP contribution in [0, 0.1) is 5.92 Å². The minimum atomic E-state index is -1.36. The molecule has 1 amide bonds. The van der Waals surface area contributed by atoms with Crippen molar-refractivity contribution >= 4 is 23.8 Å². The van der Waals surface area contributed by atoms with Crippen molar-refractivity contribution in [1.29, 1.82) is 0 Å². The van der Waals surface area contributed by atoms with Gasteiger partial charge in [-0.2, -0.15) is 0 Å². The van der Waals surface area contributed by atoms with Crippen molar-refractivity contribution in [3.05, 3.63) is 108 Å². The third kappa shape index (κ3) is 8.25. The van der Waals surface area contributed by atoms with E-state index in [2.05, 4.69) is 10.6 Å². The number of amides is 1. The number of carbonyl (C=O) groups excluding carboxylic acids is 2. The molecular formula is C32H35N3O7. The van der Waals surface area contributed by atoms with Crippen LogP contribution in [0.2, 0.25) is 0 Å². The molecule has 0 spiro atoms. The molecule has 0 saturated carbocycles. The predicted octanol–water partition coefficient (Wildman–Crippen LogP) is 2.93. The number of hydroxylamine groups is 2. The van der Waals surface area contributed by atoms with Gasteiger partial charge in [-0.1, -0.05) is 78.9 Å². The quantitative estimate of drug-likeness (QED) is 0.242. The van der Waals surface area contributed by atoms with Crippen molar-refractivity contribution in [3.63, 3.8) is 0 Å². The summed E-state index contributed by atoms with van der Waals surface area (Å²) in [7, 11) is 0. The summed E-state index contributed by atoms with van der Waals surface area (Å²) in [6, 6.07) is 22.8. The van der Waals surface area contributed by atoms with E-state index >= 15 is 0 Å². The molecule has 10 nitrogen and oxygen atoms in total. The first-order valence-corrected chi connectivity index (χ1v) is 13.8. The van der Waals surface area contributed by atoms with Crippen LogP contribution in [0.15, 0.2) is 91.0 Å². The fourth-order valence-electron chi connectivity index (χ4n) is 5.16. The first-order chi connectivity index (χ1) is 20.2. The fraction of sp³-hybridized carbons (Fsp3) is 0.312. The van der Waals surface area contributed by atoms with Crippen molar-refractivity contribution in [2.45, 2.75) is 50.4 Å². The summed E-state index contributed by atoms with van der Waals surface area (Å²) in [5.41, 5.74) is 2.22. The monoisotopic (exact) mass is 573 g/mol. The molecule has 1 saturated heterocycles. The molecule has 10 heteroatoms. The average molecular weight is 574 g/mol. The van der Waals surface area contributed by atoms with Crippen molar-refractivity contribution in [3.8, 4) is 0 Å². The van der Waals surface area contributed by atoms with Crippen LogP contribution in [0.3, 0.4) is 0 Å². The summed E-state index contributed by atoms with van der Waals surface area (Å²) in [5, 5.41) is 26.7. The van der Waals surface area contributed by atoms with Crippen molar-refractivity contribution in [2.24, 2.45) is 5.92 Å². The molecule has 2 unspecified atom stereocenters. The maximum absolute atomic E-state index is 13.1. The molecule has 1 fully saturated rings. The summed E-state index contributed by atoms with van der Waals surface area (Å²) < 4.78 is 0. The second-order valence-electron chi connectivity index (χ2n) is 10.5. The number of nitrogens with one attached hydrogen (secondary N) is 2. The van der Waals surface area contributed by atoms with Gasteiger partial charge in [-0.05, 0) is 55.4 Å². The molecule has 42 heavy (non-hydrogen) atoms. The normalized spacial score (nSPS) is 18.9. The zero-order valence-electron chi connectivity index (χ0n) is 23.3. The summed E-state index contributed by atoms with van der Waals surface area (Å²) >= 11 is 0. The molecule has 1 heterocycles. The molecular weight excluding hydrogens is 538 g/mol.